The van der Waals surface area contributed by atoms with Crippen LogP contribution in [0.15, 0.2) is 11.6 Å². The van der Waals surface area contributed by atoms with Crippen molar-refractivity contribution in [2.45, 2.75) is 57.1 Å². The molecule has 3 unspecified atom stereocenters. The third kappa shape index (κ3) is 2.53. The van der Waals surface area contributed by atoms with E-state index in [0.29, 0.717) is 18.4 Å². The number of hydrogen-bond donors (Lipinski definition) is 1. The molecule has 0 radical (unpaired) electrons. The van der Waals surface area contributed by atoms with Crippen LogP contribution < -0.4 is 5.32 Å². The highest BCUT2D eigenvalue weighted by Crippen LogP contribution is 2.45. The molecule has 2 fully saturated rings. The summed E-state index contributed by atoms with van der Waals surface area (Å²) >= 11 is 0. The lowest BCUT2D eigenvalue weighted by atomic mass is 9.92. The van der Waals surface area contributed by atoms with Crippen LogP contribution in [0.2, 0.25) is 0 Å². The van der Waals surface area contributed by atoms with Crippen LogP contribution in [0.4, 0.5) is 0 Å². The molecule has 3 aliphatic rings. The lowest BCUT2D eigenvalue weighted by molar-refractivity contribution is -0.135. The van der Waals surface area contributed by atoms with Gasteiger partial charge in [0.05, 0.1) is 0 Å². The van der Waals surface area contributed by atoms with Gasteiger partial charge in [0.2, 0.25) is 5.91 Å². The highest BCUT2D eigenvalue weighted by atomic mass is 16.5. The Balaban J connectivity index is 1.61. The van der Waals surface area contributed by atoms with Gasteiger partial charge in [0.25, 0.3) is 6.47 Å². The standard InChI is InChI=1S/C15H21NO3/c17-9-19-14-8-10-6-12(14)13(7-10)15(18)16-11-4-2-1-3-5-11/h7,9-12,14H,1-6,8H2,(H,16,18). The second-order valence-electron chi connectivity index (χ2n) is 6.04. The maximum atomic E-state index is 12.3. The molecule has 3 aliphatic carbocycles. The number of ether oxygens (including phenoxy) is 1. The summed E-state index contributed by atoms with van der Waals surface area (Å²) in [5.74, 6) is 0.611. The fourth-order valence-electron chi connectivity index (χ4n) is 3.86. The molecule has 0 aromatic heterocycles. The highest BCUT2D eigenvalue weighted by Gasteiger charge is 2.44. The predicted molar refractivity (Wildman–Crippen MR) is 70.2 cm³/mol. The van der Waals surface area contributed by atoms with E-state index in [1.807, 2.05) is 0 Å². The molecule has 0 aromatic carbocycles. The van der Waals surface area contributed by atoms with Gasteiger partial charge in [0, 0.05) is 17.5 Å². The Bertz CT molecular complexity index is 398. The number of carbonyl (C=O) groups excluding carboxylic acids is 2. The first-order chi connectivity index (χ1) is 9.28. The van der Waals surface area contributed by atoms with Crippen LogP contribution in [0.3, 0.4) is 0 Å². The molecule has 1 N–H and O–H groups in total. The number of rotatable bonds is 4. The summed E-state index contributed by atoms with van der Waals surface area (Å²) in [5, 5.41) is 3.16. The first-order valence-corrected chi connectivity index (χ1v) is 7.39. The SMILES string of the molecule is O=COC1CC2C=C(C(=O)NC3CCCCC3)C1C2. The van der Waals surface area contributed by atoms with Crippen molar-refractivity contribution in [1.29, 1.82) is 0 Å². The zero-order valence-corrected chi connectivity index (χ0v) is 11.1. The van der Waals surface area contributed by atoms with Crippen molar-refractivity contribution in [3.05, 3.63) is 11.6 Å². The van der Waals surface area contributed by atoms with Crippen molar-refractivity contribution < 1.29 is 14.3 Å². The Kier molecular flexibility index (Phi) is 3.58. The summed E-state index contributed by atoms with van der Waals surface area (Å²) in [6.45, 7) is 0.516. The summed E-state index contributed by atoms with van der Waals surface area (Å²) in [4.78, 5) is 22.8. The third-order valence-corrected chi connectivity index (χ3v) is 4.79. The van der Waals surface area contributed by atoms with Crippen LogP contribution in [0, 0.1) is 11.8 Å². The Hall–Kier alpha value is -1.32. The van der Waals surface area contributed by atoms with E-state index >= 15 is 0 Å². The molecule has 104 valence electrons. The summed E-state index contributed by atoms with van der Waals surface area (Å²) < 4.78 is 5.11. The Morgan fingerprint density at radius 3 is 2.74 bits per heavy atom. The lowest BCUT2D eigenvalue weighted by Gasteiger charge is -2.26. The lowest BCUT2D eigenvalue weighted by Crippen LogP contribution is -2.39. The van der Waals surface area contributed by atoms with E-state index in [9.17, 15) is 9.59 Å². The van der Waals surface area contributed by atoms with Gasteiger partial charge in [-0.3, -0.25) is 9.59 Å². The van der Waals surface area contributed by atoms with Crippen LogP contribution in [-0.2, 0) is 14.3 Å². The number of hydrogen-bond acceptors (Lipinski definition) is 3. The summed E-state index contributed by atoms with van der Waals surface area (Å²) in [7, 11) is 0. The molecule has 0 heterocycles. The first-order valence-electron chi connectivity index (χ1n) is 7.39. The van der Waals surface area contributed by atoms with Gasteiger partial charge in [-0.05, 0) is 31.6 Å². The number of allylic oxidation sites excluding steroid dienone is 1. The summed E-state index contributed by atoms with van der Waals surface area (Å²) in [6.07, 6.45) is 9.76. The molecule has 0 aliphatic heterocycles. The van der Waals surface area contributed by atoms with Crippen LogP contribution in [0.25, 0.3) is 0 Å². The van der Waals surface area contributed by atoms with E-state index in [1.54, 1.807) is 0 Å². The van der Waals surface area contributed by atoms with E-state index in [4.69, 9.17) is 4.74 Å². The van der Waals surface area contributed by atoms with Crippen molar-refractivity contribution in [2.75, 3.05) is 0 Å². The van der Waals surface area contributed by atoms with Crippen LogP contribution >= 0.6 is 0 Å². The fourth-order valence-corrected chi connectivity index (χ4v) is 3.86. The minimum atomic E-state index is -0.0837. The third-order valence-electron chi connectivity index (χ3n) is 4.79. The van der Waals surface area contributed by atoms with Crippen molar-refractivity contribution >= 4 is 12.4 Å². The molecule has 4 nitrogen and oxygen atoms in total. The van der Waals surface area contributed by atoms with Crippen molar-refractivity contribution in [2.24, 2.45) is 11.8 Å². The van der Waals surface area contributed by atoms with Crippen molar-refractivity contribution in [3.63, 3.8) is 0 Å². The molecule has 3 rings (SSSR count). The molecular weight excluding hydrogens is 242 g/mol. The summed E-state index contributed by atoms with van der Waals surface area (Å²) in [5.41, 5.74) is 0.855. The van der Waals surface area contributed by atoms with Gasteiger partial charge in [-0.2, -0.15) is 0 Å². The predicted octanol–water partition coefficient (Wildman–Crippen LogP) is 1.94. The summed E-state index contributed by atoms with van der Waals surface area (Å²) in [6, 6.07) is 0.340. The fraction of sp³-hybridized carbons (Fsp3) is 0.733. The Morgan fingerprint density at radius 2 is 2.05 bits per heavy atom. The molecule has 0 spiro atoms. The Morgan fingerprint density at radius 1 is 1.26 bits per heavy atom. The quantitative estimate of drug-likeness (QED) is 0.789. The van der Waals surface area contributed by atoms with Crippen LogP contribution in [0.1, 0.15) is 44.9 Å². The van der Waals surface area contributed by atoms with Crippen molar-refractivity contribution in [3.8, 4) is 0 Å². The molecule has 2 bridgehead atoms. The molecule has 0 aromatic rings. The van der Waals surface area contributed by atoms with Gasteiger partial charge in [0.15, 0.2) is 0 Å². The Labute approximate surface area is 113 Å². The second-order valence-corrected chi connectivity index (χ2v) is 6.04. The minimum absolute atomic E-state index is 0.0681. The molecule has 1 amide bonds. The van der Waals surface area contributed by atoms with Gasteiger partial charge < -0.3 is 10.1 Å². The van der Waals surface area contributed by atoms with Crippen LogP contribution in [-0.4, -0.2) is 24.5 Å². The molecule has 0 saturated heterocycles. The van der Waals surface area contributed by atoms with Gasteiger partial charge in [-0.1, -0.05) is 25.3 Å². The highest BCUT2D eigenvalue weighted by molar-refractivity contribution is 5.95. The van der Waals surface area contributed by atoms with Gasteiger partial charge >= 0.3 is 0 Å². The molecular formula is C15H21NO3. The number of fused-ring (bicyclic) bond motifs is 2. The molecule has 3 atom stereocenters. The minimum Gasteiger partial charge on any atom is -0.464 e. The largest absolute Gasteiger partial charge is 0.464 e. The molecule has 4 heteroatoms. The smallest absolute Gasteiger partial charge is 0.293 e. The molecule has 19 heavy (non-hydrogen) atoms. The van der Waals surface area contributed by atoms with E-state index in [-0.39, 0.29) is 17.9 Å². The van der Waals surface area contributed by atoms with E-state index < -0.39 is 0 Å². The van der Waals surface area contributed by atoms with Gasteiger partial charge in [-0.25, -0.2) is 0 Å². The zero-order valence-electron chi connectivity index (χ0n) is 11.1. The number of carbonyl (C=O) groups is 2. The monoisotopic (exact) mass is 263 g/mol. The number of nitrogens with one attached hydrogen (secondary N) is 1. The van der Waals surface area contributed by atoms with E-state index in [2.05, 4.69) is 11.4 Å². The average Bonchev–Trinajstić information content (AvgIpc) is 3.00. The molecule has 2 saturated carbocycles. The topological polar surface area (TPSA) is 55.4 Å². The zero-order chi connectivity index (χ0) is 13.2. The second kappa shape index (κ2) is 5.35. The van der Waals surface area contributed by atoms with Crippen LogP contribution in [0.5, 0.6) is 0 Å². The van der Waals surface area contributed by atoms with Gasteiger partial charge in [0.1, 0.15) is 6.10 Å². The maximum Gasteiger partial charge on any atom is 0.293 e. The van der Waals surface area contributed by atoms with Gasteiger partial charge in [-0.15, -0.1) is 0 Å². The maximum absolute atomic E-state index is 12.3. The van der Waals surface area contributed by atoms with E-state index in [1.165, 1.54) is 19.3 Å². The first kappa shape index (κ1) is 12.7. The normalized spacial score (nSPS) is 33.9. The van der Waals surface area contributed by atoms with Crippen molar-refractivity contribution in [1.82, 2.24) is 5.32 Å². The number of amides is 1. The average molecular weight is 263 g/mol. The van der Waals surface area contributed by atoms with E-state index in [0.717, 1.165) is 31.3 Å².